The molecule has 1 unspecified atom stereocenters. The van der Waals surface area contributed by atoms with Gasteiger partial charge in [-0.25, -0.2) is 14.4 Å². The summed E-state index contributed by atoms with van der Waals surface area (Å²) in [7, 11) is 0. The van der Waals surface area contributed by atoms with Gasteiger partial charge in [0, 0.05) is 36.5 Å². The minimum atomic E-state index is -1.82. The summed E-state index contributed by atoms with van der Waals surface area (Å²) in [6.45, 7) is 2.96. The monoisotopic (exact) mass is 411 g/mol. The third-order valence-electron chi connectivity index (χ3n) is 4.57. The molecular formula is C18H23ClFN5OS. The van der Waals surface area contributed by atoms with E-state index in [4.69, 9.17) is 11.6 Å². The summed E-state index contributed by atoms with van der Waals surface area (Å²) >= 11 is 4.53. The van der Waals surface area contributed by atoms with Gasteiger partial charge in [0.25, 0.3) is 0 Å². The van der Waals surface area contributed by atoms with E-state index in [0.29, 0.717) is 22.6 Å². The van der Waals surface area contributed by atoms with Crippen LogP contribution in [0.1, 0.15) is 32.6 Å². The third kappa shape index (κ3) is 5.22. The molecule has 0 saturated heterocycles. The fraction of sp³-hybridized carbons (Fsp3) is 0.444. The predicted molar refractivity (Wildman–Crippen MR) is 107 cm³/mol. The van der Waals surface area contributed by atoms with Gasteiger partial charge in [0.1, 0.15) is 17.7 Å². The predicted octanol–water partition coefficient (Wildman–Crippen LogP) is 3.74. The van der Waals surface area contributed by atoms with E-state index in [-0.39, 0.29) is 10.9 Å². The van der Waals surface area contributed by atoms with Gasteiger partial charge < -0.3 is 15.2 Å². The lowest BCUT2D eigenvalue weighted by atomic mass is 9.90. The maximum atomic E-state index is 14.6. The van der Waals surface area contributed by atoms with Crippen LogP contribution in [0.2, 0.25) is 5.02 Å². The number of nitrogens with one attached hydrogen (secondary N) is 3. The van der Waals surface area contributed by atoms with Gasteiger partial charge in [-0.2, -0.15) is 4.72 Å². The lowest BCUT2D eigenvalue weighted by Gasteiger charge is -2.33. The lowest BCUT2D eigenvalue weighted by Crippen LogP contribution is -2.46. The van der Waals surface area contributed by atoms with Crippen molar-refractivity contribution in [1.82, 2.24) is 15.3 Å². The zero-order chi connectivity index (χ0) is 19.2. The van der Waals surface area contributed by atoms with Crippen molar-refractivity contribution in [3.05, 3.63) is 41.6 Å². The number of hydrogen-bond donors (Lipinski definition) is 3. The molecule has 0 radical (unpaired) electrons. The molecule has 3 rings (SSSR count). The lowest BCUT2D eigenvalue weighted by molar-refractivity contribution is 0.349. The van der Waals surface area contributed by atoms with E-state index in [2.05, 4.69) is 32.2 Å². The molecule has 1 aromatic heterocycles. The summed E-state index contributed by atoms with van der Waals surface area (Å²) in [5, 5.41) is 7.18. The molecular weight excluding hydrogens is 389 g/mol. The Morgan fingerprint density at radius 1 is 1.30 bits per heavy atom. The van der Waals surface area contributed by atoms with Crippen LogP contribution in [0.4, 0.5) is 15.9 Å². The highest BCUT2D eigenvalue weighted by atomic mass is 35.5. The fourth-order valence-corrected chi connectivity index (χ4v) is 4.46. The normalized spacial score (nSPS) is 20.9. The maximum Gasteiger partial charge on any atom is 0.217 e. The van der Waals surface area contributed by atoms with E-state index in [1.54, 1.807) is 6.07 Å². The SMILES string of the molecule is CCN[C@H]1CCCC[C@@H]1Nc1cc(F)c([S+]([O-])Nc2ccncn2)cc1Cl. The van der Waals surface area contributed by atoms with Crippen LogP contribution in [0.3, 0.4) is 0 Å². The molecule has 146 valence electrons. The Morgan fingerprint density at radius 3 is 2.78 bits per heavy atom. The summed E-state index contributed by atoms with van der Waals surface area (Å²) in [5.41, 5.74) is 0.520. The number of rotatable bonds is 7. The first kappa shape index (κ1) is 20.1. The average Bonchev–Trinajstić information content (AvgIpc) is 2.67. The van der Waals surface area contributed by atoms with Crippen LogP contribution < -0.4 is 15.4 Å². The van der Waals surface area contributed by atoms with E-state index in [9.17, 15) is 8.94 Å². The Bertz CT molecular complexity index is 752. The second-order valence-electron chi connectivity index (χ2n) is 6.43. The summed E-state index contributed by atoms with van der Waals surface area (Å²) in [5.74, 6) is -0.241. The smallest absolute Gasteiger partial charge is 0.217 e. The van der Waals surface area contributed by atoms with Crippen molar-refractivity contribution in [2.45, 2.75) is 49.6 Å². The first-order chi connectivity index (χ1) is 13.1. The Morgan fingerprint density at radius 2 is 2.07 bits per heavy atom. The number of likely N-dealkylation sites (N-methyl/N-ethyl adjacent to an activating group) is 1. The van der Waals surface area contributed by atoms with E-state index in [0.717, 1.165) is 25.8 Å². The fourth-order valence-electron chi connectivity index (χ4n) is 3.29. The minimum Gasteiger partial charge on any atom is -0.588 e. The molecule has 0 aliphatic heterocycles. The molecule has 0 bridgehead atoms. The van der Waals surface area contributed by atoms with Crippen molar-refractivity contribution in [2.24, 2.45) is 0 Å². The van der Waals surface area contributed by atoms with E-state index >= 15 is 0 Å². The molecule has 1 aromatic carbocycles. The molecule has 1 aliphatic carbocycles. The molecule has 0 amide bonds. The highest BCUT2D eigenvalue weighted by molar-refractivity contribution is 7.92. The van der Waals surface area contributed by atoms with Gasteiger partial charge in [0.05, 0.1) is 10.7 Å². The molecule has 6 nitrogen and oxygen atoms in total. The summed E-state index contributed by atoms with van der Waals surface area (Å²) in [6, 6.07) is 4.78. The molecule has 9 heteroatoms. The Labute approximate surface area is 166 Å². The van der Waals surface area contributed by atoms with E-state index < -0.39 is 17.2 Å². The average molecular weight is 412 g/mol. The first-order valence-corrected chi connectivity index (χ1v) is 10.5. The molecule has 2 aromatic rings. The highest BCUT2D eigenvalue weighted by Gasteiger charge is 2.26. The van der Waals surface area contributed by atoms with Crippen LogP contribution in [0.15, 0.2) is 35.6 Å². The number of halogens is 2. The van der Waals surface area contributed by atoms with Crippen LogP contribution in [0, 0.1) is 5.82 Å². The minimum absolute atomic E-state index is 0.0176. The number of nitrogens with zero attached hydrogens (tertiary/aromatic N) is 2. The number of aromatic nitrogens is 2. The Kier molecular flexibility index (Phi) is 7.12. The van der Waals surface area contributed by atoms with E-state index in [1.807, 2.05) is 0 Å². The van der Waals surface area contributed by atoms with Crippen LogP contribution in [-0.2, 0) is 11.4 Å². The quantitative estimate of drug-likeness (QED) is 0.602. The van der Waals surface area contributed by atoms with Crippen molar-refractivity contribution in [2.75, 3.05) is 16.6 Å². The molecule has 3 atom stereocenters. The van der Waals surface area contributed by atoms with Crippen molar-refractivity contribution >= 4 is 34.5 Å². The second kappa shape index (κ2) is 9.54. The van der Waals surface area contributed by atoms with E-state index in [1.165, 1.54) is 31.1 Å². The van der Waals surface area contributed by atoms with Crippen LogP contribution in [0.25, 0.3) is 0 Å². The summed E-state index contributed by atoms with van der Waals surface area (Å²) in [4.78, 5) is 7.69. The zero-order valence-corrected chi connectivity index (χ0v) is 16.6. The number of benzene rings is 1. The standard InChI is InChI=1S/C18H23ClFN5OS/c1-2-22-14-5-3-4-6-15(14)24-16-10-13(20)17(9-12(16)19)27(26)25-18-7-8-21-11-23-18/h7-11,14-15,22,24H,2-6H2,1H3,(H,21,23,25)/t14-,15-,27?/m0/s1. The van der Waals surface area contributed by atoms with Crippen molar-refractivity contribution in [3.63, 3.8) is 0 Å². The van der Waals surface area contributed by atoms with Gasteiger partial charge in [-0.15, -0.1) is 0 Å². The molecule has 3 N–H and O–H groups in total. The zero-order valence-electron chi connectivity index (χ0n) is 15.0. The molecule has 1 heterocycles. The Hall–Kier alpha value is -1.61. The maximum absolute atomic E-state index is 14.6. The number of hydrogen-bond acceptors (Lipinski definition) is 6. The van der Waals surface area contributed by atoms with Gasteiger partial charge in [-0.1, -0.05) is 31.4 Å². The van der Waals surface area contributed by atoms with Gasteiger partial charge in [-0.05, 0) is 19.4 Å². The van der Waals surface area contributed by atoms with Gasteiger partial charge >= 0.3 is 0 Å². The first-order valence-electron chi connectivity index (χ1n) is 9.02. The van der Waals surface area contributed by atoms with Crippen LogP contribution >= 0.6 is 11.6 Å². The number of anilines is 2. The van der Waals surface area contributed by atoms with Crippen molar-refractivity contribution in [1.29, 1.82) is 0 Å². The van der Waals surface area contributed by atoms with Crippen LogP contribution in [0.5, 0.6) is 0 Å². The molecule has 1 aliphatic rings. The topological polar surface area (TPSA) is 84.9 Å². The van der Waals surface area contributed by atoms with Gasteiger partial charge in [0.15, 0.2) is 11.6 Å². The Balaban J connectivity index is 1.74. The highest BCUT2D eigenvalue weighted by Crippen LogP contribution is 2.31. The van der Waals surface area contributed by atoms with Gasteiger partial charge in [-0.3, -0.25) is 0 Å². The summed E-state index contributed by atoms with van der Waals surface area (Å²) in [6.07, 6.45) is 7.22. The van der Waals surface area contributed by atoms with Crippen LogP contribution in [-0.4, -0.2) is 33.1 Å². The van der Waals surface area contributed by atoms with Crippen molar-refractivity contribution in [3.8, 4) is 0 Å². The molecule has 0 spiro atoms. The third-order valence-corrected chi connectivity index (χ3v) is 5.99. The molecule has 27 heavy (non-hydrogen) atoms. The largest absolute Gasteiger partial charge is 0.588 e. The van der Waals surface area contributed by atoms with Crippen molar-refractivity contribution < 1.29 is 8.94 Å². The molecule has 1 saturated carbocycles. The second-order valence-corrected chi connectivity index (χ2v) is 8.02. The summed E-state index contributed by atoms with van der Waals surface area (Å²) < 4.78 is 29.7. The van der Waals surface area contributed by atoms with Gasteiger partial charge in [0.2, 0.25) is 4.90 Å². The molecule has 1 fully saturated rings.